The van der Waals surface area contributed by atoms with E-state index in [-0.39, 0.29) is 0 Å². The van der Waals surface area contributed by atoms with Crippen LogP contribution >= 0.6 is 0 Å². The van der Waals surface area contributed by atoms with Gasteiger partial charge in [-0.2, -0.15) is 0 Å². The summed E-state index contributed by atoms with van der Waals surface area (Å²) in [5.74, 6) is 1.37. The largest absolute Gasteiger partial charge is 0.341 e. The number of hydrogen-bond acceptors (Lipinski definition) is 4. The van der Waals surface area contributed by atoms with Gasteiger partial charge < -0.3 is 14.7 Å². The molecular formula is C21H38N4O2. The highest BCUT2D eigenvalue weighted by Crippen LogP contribution is 2.20. The number of amides is 2. The molecule has 0 spiro atoms. The van der Waals surface area contributed by atoms with Gasteiger partial charge in [0.2, 0.25) is 11.8 Å². The lowest BCUT2D eigenvalue weighted by Crippen LogP contribution is -2.47. The highest BCUT2D eigenvalue weighted by Gasteiger charge is 2.26. The van der Waals surface area contributed by atoms with Gasteiger partial charge in [0.1, 0.15) is 0 Å². The third-order valence-electron chi connectivity index (χ3n) is 6.51. The topological polar surface area (TPSA) is 47.1 Å². The molecule has 3 aliphatic heterocycles. The van der Waals surface area contributed by atoms with Gasteiger partial charge in [0.05, 0.1) is 0 Å². The molecule has 154 valence electrons. The van der Waals surface area contributed by atoms with E-state index in [1.54, 1.807) is 0 Å². The number of likely N-dealkylation sites (tertiary alicyclic amines) is 3. The average Bonchev–Trinajstić information content (AvgIpc) is 3.25. The van der Waals surface area contributed by atoms with Crippen molar-refractivity contribution in [2.24, 2.45) is 5.92 Å². The standard InChI is InChI=1S/C21H38N4O2/c1-18(2)25(15-14-24-11-5-8-21(24)27)17-19-6-3-9-22(16-19)12-13-23-10-4-7-20(23)26/h18-19H,3-17H2,1-2H3. The second-order valence-electron chi connectivity index (χ2n) is 8.87. The summed E-state index contributed by atoms with van der Waals surface area (Å²) >= 11 is 0. The minimum absolute atomic E-state index is 0.332. The molecule has 3 saturated heterocycles. The maximum Gasteiger partial charge on any atom is 0.222 e. The number of carbonyl (C=O) groups is 2. The molecule has 0 aliphatic carbocycles. The number of hydrogen-bond donors (Lipinski definition) is 0. The maximum atomic E-state index is 11.9. The van der Waals surface area contributed by atoms with Crippen LogP contribution in [-0.4, -0.2) is 96.4 Å². The summed E-state index contributed by atoms with van der Waals surface area (Å²) < 4.78 is 0. The normalized spacial score (nSPS) is 24.8. The van der Waals surface area contributed by atoms with Crippen molar-refractivity contribution in [3.05, 3.63) is 0 Å². The van der Waals surface area contributed by atoms with E-state index in [1.807, 2.05) is 9.80 Å². The van der Waals surface area contributed by atoms with Gasteiger partial charge in [-0.15, -0.1) is 0 Å². The van der Waals surface area contributed by atoms with Crippen molar-refractivity contribution in [2.45, 2.75) is 58.4 Å². The number of piperidine rings is 1. The van der Waals surface area contributed by atoms with E-state index >= 15 is 0 Å². The first kappa shape index (κ1) is 20.6. The van der Waals surface area contributed by atoms with Gasteiger partial charge >= 0.3 is 0 Å². The van der Waals surface area contributed by atoms with Crippen LogP contribution in [0.5, 0.6) is 0 Å². The van der Waals surface area contributed by atoms with Gasteiger partial charge in [-0.05, 0) is 52.0 Å². The monoisotopic (exact) mass is 378 g/mol. The van der Waals surface area contributed by atoms with E-state index in [2.05, 4.69) is 23.6 Å². The minimum atomic E-state index is 0.332. The summed E-state index contributed by atoms with van der Waals surface area (Å²) in [7, 11) is 0. The van der Waals surface area contributed by atoms with Crippen molar-refractivity contribution in [1.82, 2.24) is 19.6 Å². The maximum absolute atomic E-state index is 11.9. The molecule has 0 radical (unpaired) electrons. The van der Waals surface area contributed by atoms with E-state index < -0.39 is 0 Å². The Hall–Kier alpha value is -1.14. The second-order valence-corrected chi connectivity index (χ2v) is 8.87. The second kappa shape index (κ2) is 9.87. The van der Waals surface area contributed by atoms with Gasteiger partial charge in [-0.25, -0.2) is 0 Å². The molecule has 0 N–H and O–H groups in total. The van der Waals surface area contributed by atoms with Crippen LogP contribution in [0, 0.1) is 5.92 Å². The zero-order valence-electron chi connectivity index (χ0n) is 17.4. The number of rotatable bonds is 9. The molecule has 1 unspecified atom stereocenters. The third-order valence-corrected chi connectivity index (χ3v) is 6.51. The van der Waals surface area contributed by atoms with Gasteiger partial charge in [0, 0.05) is 71.2 Å². The molecule has 0 aromatic heterocycles. The summed E-state index contributed by atoms with van der Waals surface area (Å²) in [6, 6.07) is 0.514. The molecule has 6 nitrogen and oxygen atoms in total. The third kappa shape index (κ3) is 5.92. The Balaban J connectivity index is 1.42. The van der Waals surface area contributed by atoms with Crippen LogP contribution < -0.4 is 0 Å². The Morgan fingerprint density at radius 3 is 2.19 bits per heavy atom. The van der Waals surface area contributed by atoms with Gasteiger partial charge in [0.25, 0.3) is 0 Å². The molecule has 0 saturated carbocycles. The predicted molar refractivity (Wildman–Crippen MR) is 108 cm³/mol. The SMILES string of the molecule is CC(C)N(CCN1CCCC1=O)CC1CCCN(CCN2CCCC2=O)C1. The Morgan fingerprint density at radius 1 is 0.926 bits per heavy atom. The zero-order chi connectivity index (χ0) is 19.2. The van der Waals surface area contributed by atoms with E-state index in [0.717, 1.165) is 78.0 Å². The molecule has 0 bridgehead atoms. The molecule has 3 aliphatic rings. The summed E-state index contributed by atoms with van der Waals surface area (Å²) in [4.78, 5) is 32.9. The van der Waals surface area contributed by atoms with E-state index in [1.165, 1.54) is 19.4 Å². The summed E-state index contributed by atoms with van der Waals surface area (Å²) in [5.41, 5.74) is 0. The van der Waals surface area contributed by atoms with Crippen molar-refractivity contribution in [3.63, 3.8) is 0 Å². The van der Waals surface area contributed by atoms with E-state index in [4.69, 9.17) is 0 Å². The lowest BCUT2D eigenvalue weighted by atomic mass is 9.97. The fourth-order valence-corrected chi connectivity index (χ4v) is 4.79. The van der Waals surface area contributed by atoms with Crippen molar-refractivity contribution in [3.8, 4) is 0 Å². The highest BCUT2D eigenvalue weighted by molar-refractivity contribution is 5.78. The summed E-state index contributed by atoms with van der Waals surface area (Å²) in [6.07, 6.45) is 6.09. The van der Waals surface area contributed by atoms with Crippen molar-refractivity contribution in [1.29, 1.82) is 0 Å². The Morgan fingerprint density at radius 2 is 1.59 bits per heavy atom. The lowest BCUT2D eigenvalue weighted by molar-refractivity contribution is -0.128. The molecule has 3 rings (SSSR count). The summed E-state index contributed by atoms with van der Waals surface area (Å²) in [6.45, 7) is 13.7. The van der Waals surface area contributed by atoms with Crippen LogP contribution in [0.15, 0.2) is 0 Å². The van der Waals surface area contributed by atoms with Gasteiger partial charge in [0.15, 0.2) is 0 Å². The molecular weight excluding hydrogens is 340 g/mol. The zero-order valence-corrected chi connectivity index (χ0v) is 17.4. The van der Waals surface area contributed by atoms with Crippen molar-refractivity contribution >= 4 is 11.8 Å². The molecule has 6 heteroatoms. The molecule has 2 amide bonds. The molecule has 1 atom stereocenters. The molecule has 3 fully saturated rings. The van der Waals surface area contributed by atoms with Crippen LogP contribution in [0.3, 0.4) is 0 Å². The van der Waals surface area contributed by atoms with Crippen molar-refractivity contribution < 1.29 is 9.59 Å². The fourth-order valence-electron chi connectivity index (χ4n) is 4.79. The van der Waals surface area contributed by atoms with Crippen LogP contribution in [0.2, 0.25) is 0 Å². The molecule has 0 aromatic carbocycles. The quantitative estimate of drug-likeness (QED) is 0.612. The first-order valence-electron chi connectivity index (χ1n) is 11.0. The van der Waals surface area contributed by atoms with Crippen LogP contribution in [-0.2, 0) is 9.59 Å². The Kier molecular flexibility index (Phi) is 7.53. The minimum Gasteiger partial charge on any atom is -0.341 e. The first-order valence-corrected chi connectivity index (χ1v) is 11.0. The van der Waals surface area contributed by atoms with Gasteiger partial charge in [-0.1, -0.05) is 0 Å². The Labute approximate surface area is 164 Å². The van der Waals surface area contributed by atoms with Crippen LogP contribution in [0.4, 0.5) is 0 Å². The molecule has 27 heavy (non-hydrogen) atoms. The highest BCUT2D eigenvalue weighted by atomic mass is 16.2. The average molecular weight is 379 g/mol. The lowest BCUT2D eigenvalue weighted by Gasteiger charge is -2.38. The predicted octanol–water partition coefficient (Wildman–Crippen LogP) is 1.65. The number of nitrogens with zero attached hydrogens (tertiary/aromatic N) is 4. The van der Waals surface area contributed by atoms with Crippen LogP contribution in [0.1, 0.15) is 52.4 Å². The molecule has 3 heterocycles. The van der Waals surface area contributed by atoms with Crippen molar-refractivity contribution in [2.75, 3.05) is 58.9 Å². The van der Waals surface area contributed by atoms with E-state index in [0.29, 0.717) is 23.8 Å². The first-order chi connectivity index (χ1) is 13.0. The van der Waals surface area contributed by atoms with E-state index in [9.17, 15) is 9.59 Å². The van der Waals surface area contributed by atoms with Gasteiger partial charge in [-0.3, -0.25) is 14.5 Å². The molecule has 0 aromatic rings. The van der Waals surface area contributed by atoms with Crippen LogP contribution in [0.25, 0.3) is 0 Å². The smallest absolute Gasteiger partial charge is 0.222 e. The fraction of sp³-hybridized carbons (Fsp3) is 0.905. The summed E-state index contributed by atoms with van der Waals surface area (Å²) in [5, 5.41) is 0. The number of carbonyl (C=O) groups excluding carboxylic acids is 2. The Bertz CT molecular complexity index is 510.